The molecule has 0 amide bonds. The standard InChI is InChI=1S/C19H17N2OP.2C2H6/c23-22-14-15-11-12-18(20-13-15)21-19(16-7-3-1-4-8-16)17-9-5-2-6-10-17;2*1-2/h1-13H,14,23H2;2*1-2H3. The minimum absolute atomic E-state index is 0.520. The number of nitrogens with zero attached hydrogens (tertiary/aromatic N) is 2. The molecule has 0 aliphatic rings. The van der Waals surface area contributed by atoms with Crippen LogP contribution in [0.1, 0.15) is 44.4 Å². The Balaban J connectivity index is 0.000000855. The van der Waals surface area contributed by atoms with Crippen molar-refractivity contribution in [3.05, 3.63) is 95.7 Å². The first-order valence-electron chi connectivity index (χ1n) is 9.33. The van der Waals surface area contributed by atoms with E-state index in [1.165, 1.54) is 0 Å². The van der Waals surface area contributed by atoms with Crippen LogP contribution in [-0.4, -0.2) is 10.7 Å². The second-order valence-corrected chi connectivity index (χ2v) is 5.36. The van der Waals surface area contributed by atoms with Crippen LogP contribution >= 0.6 is 9.47 Å². The lowest BCUT2D eigenvalue weighted by Gasteiger charge is -2.07. The van der Waals surface area contributed by atoms with Gasteiger partial charge in [0.25, 0.3) is 0 Å². The Kier molecular flexibility index (Phi) is 11.6. The van der Waals surface area contributed by atoms with E-state index in [1.807, 2.05) is 76.2 Å². The summed E-state index contributed by atoms with van der Waals surface area (Å²) in [6, 6.07) is 24.2. The lowest BCUT2D eigenvalue weighted by atomic mass is 10.0. The second-order valence-electron chi connectivity index (χ2n) is 5.03. The fraction of sp³-hybridized carbons (Fsp3) is 0.217. The highest BCUT2D eigenvalue weighted by atomic mass is 31.0. The van der Waals surface area contributed by atoms with Crippen LogP contribution in [0.25, 0.3) is 0 Å². The fourth-order valence-electron chi connectivity index (χ4n) is 2.27. The van der Waals surface area contributed by atoms with Crippen LogP contribution in [0.3, 0.4) is 0 Å². The molecule has 0 saturated carbocycles. The molecule has 1 heterocycles. The number of pyridine rings is 1. The molecule has 3 rings (SSSR count). The molecule has 27 heavy (non-hydrogen) atoms. The van der Waals surface area contributed by atoms with Gasteiger partial charge < -0.3 is 4.52 Å². The maximum absolute atomic E-state index is 5.03. The van der Waals surface area contributed by atoms with Crippen molar-refractivity contribution < 1.29 is 4.52 Å². The minimum Gasteiger partial charge on any atom is -0.361 e. The van der Waals surface area contributed by atoms with Crippen LogP contribution in [0.15, 0.2) is 84.0 Å². The maximum Gasteiger partial charge on any atom is 0.152 e. The van der Waals surface area contributed by atoms with Crippen molar-refractivity contribution in [2.75, 3.05) is 0 Å². The first kappa shape index (κ1) is 22.7. The predicted molar refractivity (Wildman–Crippen MR) is 120 cm³/mol. The highest BCUT2D eigenvalue weighted by molar-refractivity contribution is 7.09. The lowest BCUT2D eigenvalue weighted by molar-refractivity contribution is 0.361. The summed E-state index contributed by atoms with van der Waals surface area (Å²) in [4.78, 5) is 9.17. The van der Waals surface area contributed by atoms with Crippen molar-refractivity contribution in [2.24, 2.45) is 4.99 Å². The van der Waals surface area contributed by atoms with Crippen LogP contribution in [0.5, 0.6) is 0 Å². The van der Waals surface area contributed by atoms with E-state index in [-0.39, 0.29) is 0 Å². The molecule has 0 N–H and O–H groups in total. The molecule has 1 atom stereocenters. The Morgan fingerprint density at radius 3 is 1.74 bits per heavy atom. The quantitative estimate of drug-likeness (QED) is 0.369. The number of benzene rings is 2. The van der Waals surface area contributed by atoms with Gasteiger partial charge in [-0.2, -0.15) is 0 Å². The molecule has 3 aromatic rings. The van der Waals surface area contributed by atoms with E-state index in [0.29, 0.717) is 12.4 Å². The van der Waals surface area contributed by atoms with Crippen molar-refractivity contribution in [3.8, 4) is 0 Å². The van der Waals surface area contributed by atoms with E-state index >= 15 is 0 Å². The summed E-state index contributed by atoms with van der Waals surface area (Å²) in [7, 11) is 2.24. The van der Waals surface area contributed by atoms with Gasteiger partial charge in [-0.15, -0.1) is 0 Å². The maximum atomic E-state index is 5.03. The van der Waals surface area contributed by atoms with Crippen molar-refractivity contribution >= 4 is 21.0 Å². The fourth-order valence-corrected chi connectivity index (χ4v) is 2.46. The zero-order valence-electron chi connectivity index (χ0n) is 16.6. The van der Waals surface area contributed by atoms with Gasteiger partial charge in [0.1, 0.15) is 0 Å². The third-order valence-corrected chi connectivity index (χ3v) is 3.55. The number of aromatic nitrogens is 1. The predicted octanol–water partition coefficient (Wildman–Crippen LogP) is 6.61. The van der Waals surface area contributed by atoms with Crippen LogP contribution in [-0.2, 0) is 11.1 Å². The molecule has 0 aliphatic heterocycles. The van der Waals surface area contributed by atoms with Gasteiger partial charge in [-0.1, -0.05) is 94.4 Å². The third-order valence-electron chi connectivity index (χ3n) is 3.38. The number of aliphatic imine (C=N–C) groups is 1. The number of rotatable bonds is 5. The molecule has 3 nitrogen and oxygen atoms in total. The summed E-state index contributed by atoms with van der Waals surface area (Å²) in [6.45, 7) is 8.52. The summed E-state index contributed by atoms with van der Waals surface area (Å²) in [5.74, 6) is 0.681. The SMILES string of the molecule is CC.CC.POCc1ccc(N=C(c2ccccc2)c2ccccc2)nc1. The zero-order valence-corrected chi connectivity index (χ0v) is 17.7. The Labute approximate surface area is 165 Å². The smallest absolute Gasteiger partial charge is 0.152 e. The summed E-state index contributed by atoms with van der Waals surface area (Å²) in [5, 5.41) is 0. The second kappa shape index (κ2) is 13.8. The largest absolute Gasteiger partial charge is 0.361 e. The highest BCUT2D eigenvalue weighted by Crippen LogP contribution is 2.17. The summed E-state index contributed by atoms with van der Waals surface area (Å²) >= 11 is 0. The summed E-state index contributed by atoms with van der Waals surface area (Å²) in [5.41, 5.74) is 4.06. The molecule has 1 unspecified atom stereocenters. The summed E-state index contributed by atoms with van der Waals surface area (Å²) < 4.78 is 5.03. The van der Waals surface area contributed by atoms with Gasteiger partial charge in [-0.3, -0.25) is 0 Å². The van der Waals surface area contributed by atoms with Crippen LogP contribution in [0.2, 0.25) is 0 Å². The number of hydrogen-bond acceptors (Lipinski definition) is 3. The molecule has 0 aliphatic carbocycles. The Morgan fingerprint density at radius 1 is 0.815 bits per heavy atom. The van der Waals surface area contributed by atoms with Gasteiger partial charge in [0.15, 0.2) is 5.82 Å². The molecule has 0 fully saturated rings. The average molecular weight is 380 g/mol. The van der Waals surface area contributed by atoms with E-state index in [0.717, 1.165) is 22.4 Å². The molecular weight excluding hydrogens is 351 g/mol. The summed E-state index contributed by atoms with van der Waals surface area (Å²) in [6.07, 6.45) is 1.79. The molecule has 142 valence electrons. The van der Waals surface area contributed by atoms with Gasteiger partial charge in [0.2, 0.25) is 0 Å². The van der Waals surface area contributed by atoms with Crippen molar-refractivity contribution in [2.45, 2.75) is 34.3 Å². The molecule has 0 spiro atoms. The molecule has 0 bridgehead atoms. The normalized spacial score (nSPS) is 9.22. The Hall–Kier alpha value is -2.35. The molecule has 0 saturated heterocycles. The Bertz CT molecular complexity index is 731. The van der Waals surface area contributed by atoms with Gasteiger partial charge in [0.05, 0.1) is 12.3 Å². The van der Waals surface area contributed by atoms with Crippen LogP contribution in [0.4, 0.5) is 5.82 Å². The Morgan fingerprint density at radius 2 is 1.33 bits per heavy atom. The van der Waals surface area contributed by atoms with E-state index in [2.05, 4.69) is 38.7 Å². The van der Waals surface area contributed by atoms with Crippen molar-refractivity contribution in [3.63, 3.8) is 0 Å². The lowest BCUT2D eigenvalue weighted by Crippen LogP contribution is -2.02. The van der Waals surface area contributed by atoms with Gasteiger partial charge in [-0.25, -0.2) is 9.98 Å². The first-order valence-corrected chi connectivity index (χ1v) is 9.80. The molecule has 2 aromatic carbocycles. The monoisotopic (exact) mass is 380 g/mol. The van der Waals surface area contributed by atoms with Gasteiger partial charge in [-0.05, 0) is 11.6 Å². The van der Waals surface area contributed by atoms with Crippen molar-refractivity contribution in [1.29, 1.82) is 0 Å². The molecule has 0 radical (unpaired) electrons. The minimum atomic E-state index is 0.520. The van der Waals surface area contributed by atoms with E-state index in [1.54, 1.807) is 6.20 Å². The van der Waals surface area contributed by atoms with Crippen LogP contribution < -0.4 is 0 Å². The third kappa shape index (κ3) is 7.42. The van der Waals surface area contributed by atoms with E-state index in [4.69, 9.17) is 9.52 Å². The first-order chi connectivity index (χ1) is 13.4. The number of hydrogen-bond donors (Lipinski definition) is 0. The van der Waals surface area contributed by atoms with Crippen LogP contribution in [0, 0.1) is 0 Å². The van der Waals surface area contributed by atoms with E-state index < -0.39 is 0 Å². The van der Waals surface area contributed by atoms with Crippen molar-refractivity contribution in [1.82, 2.24) is 4.98 Å². The van der Waals surface area contributed by atoms with Gasteiger partial charge in [0, 0.05) is 26.8 Å². The van der Waals surface area contributed by atoms with Gasteiger partial charge >= 0.3 is 0 Å². The molecular formula is C23H29N2OP. The molecule has 4 heteroatoms. The molecule has 1 aromatic heterocycles. The average Bonchev–Trinajstić information content (AvgIpc) is 2.77. The zero-order chi connectivity index (χ0) is 19.9. The van der Waals surface area contributed by atoms with E-state index in [9.17, 15) is 0 Å². The topological polar surface area (TPSA) is 34.5 Å². The highest BCUT2D eigenvalue weighted by Gasteiger charge is 2.07.